The number of hydrogen-bond acceptors (Lipinski definition) is 20. The molecular weight excluding hydrogens is 1170 g/mol. The smallest absolute Gasteiger partial charge is 0.408 e. The summed E-state index contributed by atoms with van der Waals surface area (Å²) in [5.74, 6) is -11.1. The molecule has 0 radical (unpaired) electrons. The molecule has 11 N–H and O–H groups in total. The van der Waals surface area contributed by atoms with Crippen molar-refractivity contribution in [2.45, 2.75) is 143 Å². The first kappa shape index (κ1) is 73.8. The molecule has 0 spiro atoms. The van der Waals surface area contributed by atoms with Crippen molar-refractivity contribution in [3.8, 4) is 0 Å². The van der Waals surface area contributed by atoms with Crippen LogP contribution in [0.2, 0.25) is 0 Å². The summed E-state index contributed by atoms with van der Waals surface area (Å²) in [6.07, 6.45) is -3.19. The highest BCUT2D eigenvalue weighted by molar-refractivity contribution is 7.99. The van der Waals surface area contributed by atoms with Crippen molar-refractivity contribution in [1.29, 1.82) is 0 Å². The van der Waals surface area contributed by atoms with Gasteiger partial charge in [-0.2, -0.15) is 0 Å². The van der Waals surface area contributed by atoms with Gasteiger partial charge in [-0.05, 0) is 57.6 Å². The standard InChI is InChI=1S/C55H80N10O19S2/c1-30(2)42(64-48(72)41(27-86-29-57-35(8)67)61-45(69)33(6)59-54(79)84-55(9,10)11)50(75)80-24-38(62-52(77)82-22-36-18-14-12-15-19-36)46(70)58-32(5)44(68)60-40(26-85-28-56-34(7)66)47(71)65-43(31(3)4)51(76)81-25-39(49(73)74)63-53(78)83-23-37-20-16-13-17-21-37/h12-21,30-33,38-43H,22-29H2,1-11H3,(H,56,66)(H,57,67)(H,58,70)(H,59,79)(H,60,68)(H,61,69)(H,62,77)(H,63,78)(H,64,72)(H,65,71)(H,73,74)/t32-,33-,38+,39+,40-,41-,42-,43-/m0/s1. The molecule has 0 unspecified atom stereocenters. The Kier molecular flexibility index (Phi) is 32.5. The van der Waals surface area contributed by atoms with Gasteiger partial charge in [0.2, 0.25) is 41.4 Å². The van der Waals surface area contributed by atoms with Crippen molar-refractivity contribution in [3.63, 3.8) is 0 Å². The number of esters is 2. The van der Waals surface area contributed by atoms with E-state index in [9.17, 15) is 67.4 Å². The molecule has 0 fully saturated rings. The number of nitrogens with one attached hydrogen (secondary N) is 10. The van der Waals surface area contributed by atoms with Crippen LogP contribution in [0.5, 0.6) is 0 Å². The molecule has 86 heavy (non-hydrogen) atoms. The van der Waals surface area contributed by atoms with E-state index >= 15 is 0 Å². The van der Waals surface area contributed by atoms with Gasteiger partial charge in [0.25, 0.3) is 0 Å². The second-order valence-electron chi connectivity index (χ2n) is 20.8. The Morgan fingerprint density at radius 1 is 0.453 bits per heavy atom. The van der Waals surface area contributed by atoms with Gasteiger partial charge in [0.15, 0.2) is 6.04 Å². The summed E-state index contributed by atoms with van der Waals surface area (Å²) in [6, 6.07) is 4.89. The second kappa shape index (κ2) is 37.9. The molecule has 476 valence electrons. The SMILES string of the molecule is CC(=O)NCSC[C@H](NC(=O)[C@H](C)NC(=O)OC(C)(C)C)C(=O)N[C@H](C(=O)OC[C@@H](NC(=O)OCc1ccccc1)C(=O)N[C@@H](C)C(=O)N[C@@H](CSCNC(C)=O)C(=O)N[C@H](C(=O)OC[C@@H](NC(=O)OCc1ccccc1)C(=O)O)C(C)C)C(C)C. The minimum Gasteiger partial charge on any atom is -0.480 e. The molecule has 0 saturated heterocycles. The first-order valence-electron chi connectivity index (χ1n) is 27.0. The van der Waals surface area contributed by atoms with Crippen LogP contribution in [0.3, 0.4) is 0 Å². The zero-order valence-corrected chi connectivity index (χ0v) is 51.4. The summed E-state index contributed by atoms with van der Waals surface area (Å²) < 4.78 is 26.4. The molecule has 0 aromatic heterocycles. The number of benzene rings is 2. The third-order valence-electron chi connectivity index (χ3n) is 11.4. The highest BCUT2D eigenvalue weighted by atomic mass is 32.2. The van der Waals surface area contributed by atoms with Gasteiger partial charge in [-0.15, -0.1) is 23.5 Å². The minimum absolute atomic E-state index is 0.0323. The molecule has 2 aromatic carbocycles. The molecule has 0 aliphatic carbocycles. The summed E-state index contributed by atoms with van der Waals surface area (Å²) >= 11 is 2.03. The third kappa shape index (κ3) is 29.9. The average Bonchev–Trinajstić information content (AvgIpc) is 3.37. The first-order valence-corrected chi connectivity index (χ1v) is 29.3. The number of carboxylic acid groups (broad SMARTS) is 1. The third-order valence-corrected chi connectivity index (χ3v) is 13.2. The molecule has 8 atom stereocenters. The summed E-state index contributed by atoms with van der Waals surface area (Å²) in [6.45, 7) is 13.9. The summed E-state index contributed by atoms with van der Waals surface area (Å²) in [4.78, 5) is 170. The number of hydrogen-bond donors (Lipinski definition) is 11. The zero-order chi connectivity index (χ0) is 64.7. The number of thioether (sulfide) groups is 2. The molecule has 0 aliphatic heterocycles. The molecule has 2 aromatic rings. The van der Waals surface area contributed by atoms with Crippen LogP contribution in [-0.2, 0) is 84.8 Å². The number of aliphatic carboxylic acids is 1. The van der Waals surface area contributed by atoms with Crippen LogP contribution in [0.15, 0.2) is 60.7 Å². The number of carbonyl (C=O) groups excluding carboxylic acids is 12. The van der Waals surface area contributed by atoms with E-state index in [-0.39, 0.29) is 42.4 Å². The maximum Gasteiger partial charge on any atom is 0.408 e. The van der Waals surface area contributed by atoms with Crippen LogP contribution < -0.4 is 53.2 Å². The van der Waals surface area contributed by atoms with E-state index in [0.717, 1.165) is 23.5 Å². The quantitative estimate of drug-likeness (QED) is 0.0202. The van der Waals surface area contributed by atoms with Crippen molar-refractivity contribution in [2.24, 2.45) is 11.8 Å². The van der Waals surface area contributed by atoms with Crippen LogP contribution in [0, 0.1) is 11.8 Å². The first-order chi connectivity index (χ1) is 40.4. The van der Waals surface area contributed by atoms with Crippen LogP contribution in [0.25, 0.3) is 0 Å². The number of rotatable bonds is 34. The Balaban J connectivity index is 2.33. The predicted molar refractivity (Wildman–Crippen MR) is 313 cm³/mol. The summed E-state index contributed by atoms with van der Waals surface area (Å²) in [5.41, 5.74) is 0.296. The van der Waals surface area contributed by atoms with E-state index < -0.39 is 151 Å². The van der Waals surface area contributed by atoms with Crippen LogP contribution >= 0.6 is 23.5 Å². The van der Waals surface area contributed by atoms with E-state index in [0.29, 0.717) is 11.1 Å². The molecule has 0 aliphatic rings. The van der Waals surface area contributed by atoms with Gasteiger partial charge in [-0.1, -0.05) is 88.4 Å². The highest BCUT2D eigenvalue weighted by Crippen LogP contribution is 2.12. The molecule has 0 bridgehead atoms. The molecule has 0 saturated carbocycles. The van der Waals surface area contributed by atoms with Gasteiger partial charge in [-0.3, -0.25) is 33.6 Å². The maximum absolute atomic E-state index is 14.0. The van der Waals surface area contributed by atoms with Gasteiger partial charge in [0, 0.05) is 25.4 Å². The monoisotopic (exact) mass is 1250 g/mol. The van der Waals surface area contributed by atoms with Crippen molar-refractivity contribution in [1.82, 2.24) is 53.2 Å². The Bertz CT molecular complexity index is 2630. The lowest BCUT2D eigenvalue weighted by molar-refractivity contribution is -0.153. The van der Waals surface area contributed by atoms with E-state index in [2.05, 4.69) is 53.2 Å². The van der Waals surface area contributed by atoms with Crippen molar-refractivity contribution in [2.75, 3.05) is 36.5 Å². The lowest BCUT2D eigenvalue weighted by Crippen LogP contribution is -2.59. The molecule has 29 nitrogen and oxygen atoms in total. The van der Waals surface area contributed by atoms with Crippen LogP contribution in [-0.4, -0.2) is 173 Å². The normalized spacial score (nSPS) is 13.8. The van der Waals surface area contributed by atoms with Crippen LogP contribution in [0.1, 0.15) is 87.3 Å². The van der Waals surface area contributed by atoms with Crippen molar-refractivity contribution in [3.05, 3.63) is 71.8 Å². The lowest BCUT2D eigenvalue weighted by atomic mass is 10.0. The van der Waals surface area contributed by atoms with E-state index in [1.165, 1.54) is 41.5 Å². The van der Waals surface area contributed by atoms with Gasteiger partial charge in [-0.25, -0.2) is 28.8 Å². The number of ether oxygens (including phenoxy) is 5. The number of carbonyl (C=O) groups is 13. The second-order valence-corrected chi connectivity index (χ2v) is 22.9. The fourth-order valence-electron chi connectivity index (χ4n) is 6.73. The van der Waals surface area contributed by atoms with Gasteiger partial charge >= 0.3 is 36.2 Å². The Morgan fingerprint density at radius 3 is 1.20 bits per heavy atom. The fourth-order valence-corrected chi connectivity index (χ4v) is 8.52. The van der Waals surface area contributed by atoms with Crippen molar-refractivity contribution >= 4 is 101 Å². The predicted octanol–water partition coefficient (Wildman–Crippen LogP) is 1.07. The largest absolute Gasteiger partial charge is 0.480 e. The molecule has 10 amide bonds. The van der Waals surface area contributed by atoms with Gasteiger partial charge < -0.3 is 82.0 Å². The summed E-state index contributed by atoms with van der Waals surface area (Å²) in [5, 5.41) is 34.0. The molecule has 31 heteroatoms. The van der Waals surface area contributed by atoms with Crippen molar-refractivity contribution < 1.29 is 91.1 Å². The van der Waals surface area contributed by atoms with Gasteiger partial charge in [0.05, 0.1) is 11.8 Å². The van der Waals surface area contributed by atoms with Crippen LogP contribution in [0.4, 0.5) is 14.4 Å². The molecule has 0 heterocycles. The molecular formula is C55H80N10O19S2. The van der Waals surface area contributed by atoms with Gasteiger partial charge in [0.1, 0.15) is 74.3 Å². The summed E-state index contributed by atoms with van der Waals surface area (Å²) in [7, 11) is 0. The molecule has 2 rings (SSSR count). The average molecular weight is 1250 g/mol. The Morgan fingerprint density at radius 2 is 0.826 bits per heavy atom. The highest BCUT2D eigenvalue weighted by Gasteiger charge is 2.36. The van der Waals surface area contributed by atoms with E-state index in [1.54, 1.807) is 95.3 Å². The Labute approximate surface area is 506 Å². The topological polar surface area (TPSA) is 409 Å². The fraction of sp³-hybridized carbons (Fsp3) is 0.545. The zero-order valence-electron chi connectivity index (χ0n) is 49.8. The van der Waals surface area contributed by atoms with E-state index in [1.807, 2.05) is 0 Å². The number of carboxylic acids is 1. The maximum atomic E-state index is 14.0. The number of alkyl carbamates (subject to hydrolysis) is 3. The minimum atomic E-state index is -1.79. The Hall–Kier alpha value is -8.35. The lowest BCUT2D eigenvalue weighted by Gasteiger charge is -2.27. The van der Waals surface area contributed by atoms with E-state index in [4.69, 9.17) is 23.7 Å². The number of amides is 10.